The third-order valence-corrected chi connectivity index (χ3v) is 12.2. The number of ether oxygens (including phenoxy) is 2. The van der Waals surface area contributed by atoms with Crippen molar-refractivity contribution < 1.29 is 24.2 Å². The Morgan fingerprint density at radius 2 is 1.69 bits per heavy atom. The predicted molar refractivity (Wildman–Crippen MR) is 140 cm³/mol. The zero-order chi connectivity index (χ0) is 25.7. The number of aliphatic carboxylic acids is 1. The SMILES string of the molecule is CCC1C(=O)[C@H]2[C@@H]3CC[C@H]([C@H](C)CCC(=O)O)[C@@]3(C)CC[C@@H]2[C@@]2(C)CC[C@@H](OC3CCOCC3)CC12. The van der Waals surface area contributed by atoms with Crippen molar-refractivity contribution in [1.82, 2.24) is 0 Å². The van der Waals surface area contributed by atoms with Crippen LogP contribution in [-0.2, 0) is 19.1 Å². The van der Waals surface area contributed by atoms with Gasteiger partial charge in [0.25, 0.3) is 0 Å². The summed E-state index contributed by atoms with van der Waals surface area (Å²) in [6.45, 7) is 11.1. The molecule has 0 aromatic rings. The fourth-order valence-corrected chi connectivity index (χ4v) is 10.4. The lowest BCUT2D eigenvalue weighted by Gasteiger charge is -2.62. The van der Waals surface area contributed by atoms with Gasteiger partial charge in [0, 0.05) is 31.5 Å². The number of rotatable bonds is 7. The summed E-state index contributed by atoms with van der Waals surface area (Å²) in [5, 5.41) is 9.24. The van der Waals surface area contributed by atoms with Gasteiger partial charge < -0.3 is 14.6 Å². The van der Waals surface area contributed by atoms with Crippen molar-refractivity contribution in [3.05, 3.63) is 0 Å². The first-order valence-corrected chi connectivity index (χ1v) is 15.2. The number of hydrogen-bond acceptors (Lipinski definition) is 4. The number of carboxylic acids is 1. The van der Waals surface area contributed by atoms with E-state index in [4.69, 9.17) is 9.47 Å². The second kappa shape index (κ2) is 10.3. The van der Waals surface area contributed by atoms with E-state index in [9.17, 15) is 14.7 Å². The van der Waals surface area contributed by atoms with Gasteiger partial charge >= 0.3 is 5.97 Å². The maximum atomic E-state index is 14.3. The topological polar surface area (TPSA) is 72.8 Å². The van der Waals surface area contributed by atoms with Crippen molar-refractivity contribution in [3.8, 4) is 0 Å². The largest absolute Gasteiger partial charge is 0.481 e. The third kappa shape index (κ3) is 4.48. The smallest absolute Gasteiger partial charge is 0.303 e. The van der Waals surface area contributed by atoms with E-state index in [1.54, 1.807) is 0 Å². The van der Waals surface area contributed by atoms with Gasteiger partial charge in [0.05, 0.1) is 12.2 Å². The molecule has 1 heterocycles. The normalized spacial score (nSPS) is 46.0. The summed E-state index contributed by atoms with van der Waals surface area (Å²) < 4.78 is 12.2. The van der Waals surface area contributed by atoms with Gasteiger partial charge in [0.1, 0.15) is 5.78 Å². The van der Waals surface area contributed by atoms with Crippen LogP contribution in [0, 0.1) is 52.3 Å². The van der Waals surface area contributed by atoms with E-state index in [-0.39, 0.29) is 29.1 Å². The van der Waals surface area contributed by atoms with E-state index >= 15 is 0 Å². The molecule has 0 amide bonds. The fourth-order valence-electron chi connectivity index (χ4n) is 10.4. The molecular weight excluding hydrogens is 452 g/mol. The highest BCUT2D eigenvalue weighted by molar-refractivity contribution is 5.86. The summed E-state index contributed by atoms with van der Waals surface area (Å²) in [6, 6.07) is 0. The highest BCUT2D eigenvalue weighted by Gasteiger charge is 2.65. The fraction of sp³-hybridized carbons (Fsp3) is 0.935. The van der Waals surface area contributed by atoms with Crippen LogP contribution in [0.3, 0.4) is 0 Å². The van der Waals surface area contributed by atoms with E-state index in [0.717, 1.165) is 64.6 Å². The average Bonchev–Trinajstić information content (AvgIpc) is 3.21. The summed E-state index contributed by atoms with van der Waals surface area (Å²) in [5.41, 5.74) is 0.419. The Kier molecular flexibility index (Phi) is 7.64. The molecule has 5 fully saturated rings. The monoisotopic (exact) mass is 502 g/mol. The van der Waals surface area contributed by atoms with Gasteiger partial charge in [-0.25, -0.2) is 0 Å². The molecule has 0 aromatic heterocycles. The number of carboxylic acid groups (broad SMARTS) is 1. The summed E-state index contributed by atoms with van der Waals surface area (Å²) >= 11 is 0. The minimum Gasteiger partial charge on any atom is -0.481 e. The molecule has 2 unspecified atom stereocenters. The van der Waals surface area contributed by atoms with Crippen molar-refractivity contribution >= 4 is 11.8 Å². The number of fused-ring (bicyclic) bond motifs is 5. The van der Waals surface area contributed by atoms with Crippen LogP contribution < -0.4 is 0 Å². The van der Waals surface area contributed by atoms with Crippen molar-refractivity contribution in [3.63, 3.8) is 0 Å². The Morgan fingerprint density at radius 1 is 1.00 bits per heavy atom. The molecule has 0 aromatic carbocycles. The Labute approximate surface area is 218 Å². The van der Waals surface area contributed by atoms with Crippen molar-refractivity contribution in [1.29, 1.82) is 0 Å². The summed E-state index contributed by atoms with van der Waals surface area (Å²) in [5.74, 6) is 2.66. The molecule has 5 aliphatic rings. The molecule has 0 bridgehead atoms. The van der Waals surface area contributed by atoms with Crippen LogP contribution in [0.15, 0.2) is 0 Å². The van der Waals surface area contributed by atoms with E-state index < -0.39 is 5.97 Å². The highest BCUT2D eigenvalue weighted by atomic mass is 16.5. The van der Waals surface area contributed by atoms with Gasteiger partial charge in [-0.05, 0) is 111 Å². The first kappa shape index (κ1) is 26.7. The molecule has 5 heteroatoms. The van der Waals surface area contributed by atoms with Crippen LogP contribution in [0.4, 0.5) is 0 Å². The minimum absolute atomic E-state index is 0.170. The molecule has 1 saturated heterocycles. The summed E-state index contributed by atoms with van der Waals surface area (Å²) in [4.78, 5) is 25.6. The summed E-state index contributed by atoms with van der Waals surface area (Å²) in [6.07, 6.45) is 12.7. The van der Waals surface area contributed by atoms with E-state index in [0.29, 0.717) is 47.6 Å². The van der Waals surface area contributed by atoms with Crippen LogP contribution in [0.2, 0.25) is 0 Å². The minimum atomic E-state index is -0.686. The van der Waals surface area contributed by atoms with Crippen molar-refractivity contribution in [2.45, 2.75) is 117 Å². The van der Waals surface area contributed by atoms with Gasteiger partial charge in [-0.3, -0.25) is 9.59 Å². The zero-order valence-electron chi connectivity index (χ0n) is 23.2. The van der Waals surface area contributed by atoms with Gasteiger partial charge in [-0.15, -0.1) is 0 Å². The Morgan fingerprint density at radius 3 is 2.39 bits per heavy atom. The molecule has 4 aliphatic carbocycles. The molecule has 4 saturated carbocycles. The van der Waals surface area contributed by atoms with E-state index in [2.05, 4.69) is 27.7 Å². The number of ketones is 1. The molecule has 204 valence electrons. The lowest BCUT2D eigenvalue weighted by Crippen LogP contribution is -2.61. The van der Waals surface area contributed by atoms with Crippen LogP contribution in [0.1, 0.15) is 105 Å². The summed E-state index contributed by atoms with van der Waals surface area (Å²) in [7, 11) is 0. The van der Waals surface area contributed by atoms with Gasteiger partial charge in [0.15, 0.2) is 0 Å². The Balaban J connectivity index is 1.34. The predicted octanol–water partition coefficient (Wildman–Crippen LogP) is 6.53. The maximum Gasteiger partial charge on any atom is 0.303 e. The highest BCUT2D eigenvalue weighted by Crippen LogP contribution is 2.68. The molecular formula is C31H50O5. The number of Topliss-reactive ketones (excluding diaryl/α,β-unsaturated/α-hetero) is 1. The quantitative estimate of drug-likeness (QED) is 0.429. The molecule has 1 aliphatic heterocycles. The van der Waals surface area contributed by atoms with Gasteiger partial charge in [-0.2, -0.15) is 0 Å². The molecule has 10 atom stereocenters. The molecule has 5 nitrogen and oxygen atoms in total. The third-order valence-electron chi connectivity index (χ3n) is 12.2. The van der Waals surface area contributed by atoms with Gasteiger partial charge in [0.2, 0.25) is 0 Å². The molecule has 36 heavy (non-hydrogen) atoms. The lowest BCUT2D eigenvalue weighted by atomic mass is 9.42. The number of carbonyl (C=O) groups is 2. The van der Waals surface area contributed by atoms with Crippen LogP contribution in [0.25, 0.3) is 0 Å². The number of hydrogen-bond donors (Lipinski definition) is 1. The Bertz CT molecular complexity index is 820. The first-order chi connectivity index (χ1) is 17.2. The van der Waals surface area contributed by atoms with E-state index in [1.165, 1.54) is 19.3 Å². The van der Waals surface area contributed by atoms with Crippen molar-refractivity contribution in [2.24, 2.45) is 52.3 Å². The van der Waals surface area contributed by atoms with E-state index in [1.807, 2.05) is 0 Å². The lowest BCUT2D eigenvalue weighted by molar-refractivity contribution is -0.180. The standard InChI is InChI=1S/C31H50O5/c1-5-22-26-18-21(36-20-12-16-35-17-13-20)10-14-31(26,4)25-11-15-30(3)23(19(2)6-9-27(32)33)7-8-24(30)28(25)29(22)34/h19-26,28H,5-18H2,1-4H3,(H,32,33)/t19-,21-,22?,23-,24+,25+,26?,28+,30-,31-/m1/s1. The van der Waals surface area contributed by atoms with Crippen LogP contribution in [-0.4, -0.2) is 42.3 Å². The van der Waals surface area contributed by atoms with Gasteiger partial charge in [-0.1, -0.05) is 27.7 Å². The molecule has 0 radical (unpaired) electrons. The zero-order valence-corrected chi connectivity index (χ0v) is 23.2. The van der Waals surface area contributed by atoms with Crippen molar-refractivity contribution in [2.75, 3.05) is 13.2 Å². The Hall–Kier alpha value is -0.940. The molecule has 5 rings (SSSR count). The second-order valence-corrected chi connectivity index (χ2v) is 13.8. The molecule has 1 N–H and O–H groups in total. The number of carbonyl (C=O) groups excluding carboxylic acids is 1. The van der Waals surface area contributed by atoms with Crippen LogP contribution in [0.5, 0.6) is 0 Å². The maximum absolute atomic E-state index is 14.3. The molecule has 0 spiro atoms. The van der Waals surface area contributed by atoms with Crippen LogP contribution >= 0.6 is 0 Å². The first-order valence-electron chi connectivity index (χ1n) is 15.2. The average molecular weight is 503 g/mol. The second-order valence-electron chi connectivity index (χ2n) is 13.8.